The van der Waals surface area contributed by atoms with Crippen LogP contribution in [0, 0.1) is 0 Å². The summed E-state index contributed by atoms with van der Waals surface area (Å²) in [4.78, 5) is 21.1. The van der Waals surface area contributed by atoms with E-state index in [9.17, 15) is 36.1 Å². The van der Waals surface area contributed by atoms with E-state index in [0.29, 0.717) is 14.2 Å². The molecule has 11 heteroatoms. The first-order valence-corrected chi connectivity index (χ1v) is 4.06. The second kappa shape index (κ2) is 5.42. The maximum Gasteiger partial charge on any atom is 0.382 e. The minimum absolute atomic E-state index is 0.321. The van der Waals surface area contributed by atoms with Crippen molar-refractivity contribution in [1.82, 2.24) is 5.34 Å². The summed E-state index contributed by atoms with van der Waals surface area (Å²) in [5.74, 6) is -16.3. The van der Waals surface area contributed by atoms with Gasteiger partial charge in [0.1, 0.15) is 0 Å². The first kappa shape index (κ1) is 16.5. The lowest BCUT2D eigenvalue weighted by Gasteiger charge is -2.30. The second-order valence-corrected chi connectivity index (χ2v) is 2.86. The van der Waals surface area contributed by atoms with Crippen LogP contribution < -0.4 is 0 Å². The van der Waals surface area contributed by atoms with Crippen molar-refractivity contribution in [3.8, 4) is 0 Å². The summed E-state index contributed by atoms with van der Waals surface area (Å²) in [5, 5.41) is -2.88. The summed E-state index contributed by atoms with van der Waals surface area (Å²) in [7, 11) is 0.785. The molecule has 106 valence electrons. The molecule has 0 aliphatic carbocycles. The lowest BCUT2D eigenvalue weighted by atomic mass is 10.0. The highest BCUT2D eigenvalue weighted by Gasteiger charge is 2.73. The highest BCUT2D eigenvalue weighted by atomic mass is 19.4. The van der Waals surface area contributed by atoms with E-state index in [1.807, 2.05) is 0 Å². The van der Waals surface area contributed by atoms with Crippen LogP contribution >= 0.6 is 0 Å². The van der Waals surface area contributed by atoms with Crippen LogP contribution in [0.4, 0.5) is 26.5 Å². The largest absolute Gasteiger partial charge is 0.467 e. The molecule has 0 aromatic rings. The standard InChI is InChI=1S/C7H7F6NO4/c1-17-4(15)3(8)6(9,10)7(11,14(12)13)5(16)18-2/h3H,1-2H3/t3?,7-/m1/s1. The van der Waals surface area contributed by atoms with E-state index < -0.39 is 35.2 Å². The summed E-state index contributed by atoms with van der Waals surface area (Å²) in [6.45, 7) is 0. The molecule has 0 rings (SSSR count). The van der Waals surface area contributed by atoms with Gasteiger partial charge in [0.05, 0.1) is 19.6 Å². The molecular formula is C7H7F6NO4. The lowest BCUT2D eigenvalue weighted by Crippen LogP contribution is -2.63. The van der Waals surface area contributed by atoms with Crippen molar-refractivity contribution in [2.75, 3.05) is 14.2 Å². The van der Waals surface area contributed by atoms with Crippen molar-refractivity contribution >= 4 is 11.9 Å². The van der Waals surface area contributed by atoms with Crippen LogP contribution in [-0.4, -0.2) is 49.4 Å². The van der Waals surface area contributed by atoms with Crippen LogP contribution in [0.1, 0.15) is 0 Å². The second-order valence-electron chi connectivity index (χ2n) is 2.86. The predicted octanol–water partition coefficient (Wildman–Crippen LogP) is 1.04. The maximum atomic E-state index is 13.3. The van der Waals surface area contributed by atoms with Gasteiger partial charge in [0, 0.05) is 0 Å². The average molecular weight is 283 g/mol. The van der Waals surface area contributed by atoms with E-state index in [1.54, 1.807) is 0 Å². The number of alkyl halides is 4. The van der Waals surface area contributed by atoms with E-state index in [0.717, 1.165) is 0 Å². The highest BCUT2D eigenvalue weighted by molar-refractivity contribution is 5.83. The highest BCUT2D eigenvalue weighted by Crippen LogP contribution is 2.41. The smallest absolute Gasteiger partial charge is 0.382 e. The molecule has 0 bridgehead atoms. The Kier molecular flexibility index (Phi) is 4.96. The van der Waals surface area contributed by atoms with Gasteiger partial charge < -0.3 is 9.47 Å². The van der Waals surface area contributed by atoms with Crippen molar-refractivity contribution in [3.63, 3.8) is 0 Å². The number of hydrogen-bond acceptors (Lipinski definition) is 5. The number of hydrogen-bond donors (Lipinski definition) is 0. The van der Waals surface area contributed by atoms with Crippen molar-refractivity contribution in [3.05, 3.63) is 0 Å². The van der Waals surface area contributed by atoms with Gasteiger partial charge in [-0.2, -0.15) is 8.78 Å². The number of esters is 2. The molecule has 0 heterocycles. The normalized spacial score (nSPS) is 16.9. The molecule has 0 radical (unpaired) electrons. The van der Waals surface area contributed by atoms with Crippen molar-refractivity contribution in [2.45, 2.75) is 17.9 Å². The Balaban J connectivity index is 5.62. The van der Waals surface area contributed by atoms with E-state index in [4.69, 9.17) is 0 Å². The maximum absolute atomic E-state index is 13.3. The zero-order valence-electron chi connectivity index (χ0n) is 8.93. The molecule has 18 heavy (non-hydrogen) atoms. The van der Waals surface area contributed by atoms with Crippen LogP contribution in [0.3, 0.4) is 0 Å². The first-order valence-electron chi connectivity index (χ1n) is 4.06. The fourth-order valence-electron chi connectivity index (χ4n) is 0.872. The third kappa shape index (κ3) is 2.35. The van der Waals surface area contributed by atoms with Gasteiger partial charge in [-0.3, -0.25) is 0 Å². The Morgan fingerprint density at radius 1 is 1.11 bits per heavy atom. The first-order chi connectivity index (χ1) is 8.07. The van der Waals surface area contributed by atoms with Gasteiger partial charge in [-0.05, 0) is 0 Å². The molecule has 0 amide bonds. The quantitative estimate of drug-likeness (QED) is 0.326. The molecule has 5 nitrogen and oxygen atoms in total. The molecule has 0 aliphatic rings. The van der Waals surface area contributed by atoms with Gasteiger partial charge in [0.2, 0.25) is 0 Å². The molecule has 0 aromatic carbocycles. The average Bonchev–Trinajstić information content (AvgIpc) is 2.33. The van der Waals surface area contributed by atoms with Crippen LogP contribution in [0.25, 0.3) is 0 Å². The Morgan fingerprint density at radius 2 is 1.56 bits per heavy atom. The van der Waals surface area contributed by atoms with Crippen LogP contribution in [0.5, 0.6) is 0 Å². The van der Waals surface area contributed by atoms with Crippen LogP contribution in [-0.2, 0) is 19.1 Å². The Labute approximate surface area is 96.1 Å². The Hall–Kier alpha value is -1.52. The van der Waals surface area contributed by atoms with Gasteiger partial charge in [-0.25, -0.2) is 18.4 Å². The van der Waals surface area contributed by atoms with E-state index in [-0.39, 0.29) is 0 Å². The molecule has 2 atom stereocenters. The summed E-state index contributed by atoms with van der Waals surface area (Å²) in [6.07, 6.45) is -4.12. The third-order valence-corrected chi connectivity index (χ3v) is 1.86. The molecule has 0 fully saturated rings. The summed E-state index contributed by atoms with van der Waals surface area (Å²) in [5.41, 5.74) is 0. The predicted molar refractivity (Wildman–Crippen MR) is 41.8 cm³/mol. The number of ether oxygens (including phenoxy) is 2. The summed E-state index contributed by atoms with van der Waals surface area (Å²) < 4.78 is 83.6. The Morgan fingerprint density at radius 3 is 1.83 bits per heavy atom. The van der Waals surface area contributed by atoms with Gasteiger partial charge in [-0.15, -0.1) is 0 Å². The molecule has 0 N–H and O–H groups in total. The molecule has 0 aromatic heterocycles. The van der Waals surface area contributed by atoms with Crippen LogP contribution in [0.2, 0.25) is 0 Å². The molecule has 0 aliphatic heterocycles. The van der Waals surface area contributed by atoms with Crippen molar-refractivity contribution < 1.29 is 45.6 Å². The van der Waals surface area contributed by atoms with E-state index in [1.165, 1.54) is 0 Å². The molecule has 0 saturated heterocycles. The number of methoxy groups -OCH3 is 2. The minimum atomic E-state index is -5.73. The fourth-order valence-corrected chi connectivity index (χ4v) is 0.872. The zero-order valence-corrected chi connectivity index (χ0v) is 8.93. The third-order valence-electron chi connectivity index (χ3n) is 1.86. The van der Waals surface area contributed by atoms with Gasteiger partial charge >= 0.3 is 23.7 Å². The van der Waals surface area contributed by atoms with Gasteiger partial charge in [-0.1, -0.05) is 8.96 Å². The van der Waals surface area contributed by atoms with Crippen molar-refractivity contribution in [1.29, 1.82) is 0 Å². The van der Waals surface area contributed by atoms with Gasteiger partial charge in [0.15, 0.2) is 0 Å². The monoisotopic (exact) mass is 283 g/mol. The summed E-state index contributed by atoms with van der Waals surface area (Å²) >= 11 is 0. The fraction of sp³-hybridized carbons (Fsp3) is 0.714. The molecular weight excluding hydrogens is 276 g/mol. The van der Waals surface area contributed by atoms with Crippen molar-refractivity contribution in [2.24, 2.45) is 0 Å². The number of rotatable bonds is 5. The van der Waals surface area contributed by atoms with Crippen LogP contribution in [0.15, 0.2) is 0 Å². The Bertz CT molecular complexity index is 338. The molecule has 1 unspecified atom stereocenters. The number of nitrogens with zero attached hydrogens (tertiary/aromatic N) is 1. The van der Waals surface area contributed by atoms with E-state index >= 15 is 0 Å². The molecule has 0 spiro atoms. The number of halogens is 6. The topological polar surface area (TPSA) is 55.8 Å². The molecule has 0 saturated carbocycles. The van der Waals surface area contributed by atoms with E-state index in [2.05, 4.69) is 9.47 Å². The SMILES string of the molecule is COC(=O)C(F)C(F)(F)[C@@](F)(C(=O)OC)N(F)F. The number of carbonyl (C=O) groups is 2. The minimum Gasteiger partial charge on any atom is -0.467 e. The zero-order chi connectivity index (χ0) is 14.7. The van der Waals surface area contributed by atoms with Gasteiger partial charge in [0.25, 0.3) is 6.17 Å². The number of carbonyl (C=O) groups excluding carboxylic acids is 2. The lowest BCUT2D eigenvalue weighted by molar-refractivity contribution is -0.345. The summed E-state index contributed by atoms with van der Waals surface area (Å²) in [6, 6.07) is 0.